The molecule has 0 saturated heterocycles. The lowest BCUT2D eigenvalue weighted by Crippen LogP contribution is -2.71. The highest BCUT2D eigenvalue weighted by atomic mass is 28.3. The van der Waals surface area contributed by atoms with Crippen molar-refractivity contribution in [1.82, 2.24) is 0 Å². The summed E-state index contributed by atoms with van der Waals surface area (Å²) < 4.78 is 0. The number of aryl methyl sites for hydroxylation is 4. The summed E-state index contributed by atoms with van der Waals surface area (Å²) in [6, 6.07) is 41.5. The standard InChI is InChI=1S/C45H52Si/c1-11-32-24-33(12-2)26-37(25-32)46(36-22-30(3)21-31(4)23-36,38-28-34(44(5,6)7)27-35(29-38)45(8,9)10)43-41-19-15-13-17-39(41)40-18-14-16-20-42(40)43/h13-29,43H,11-12H2,1-10H3. The topological polar surface area (TPSA) is 0 Å². The van der Waals surface area contributed by atoms with E-state index in [9.17, 15) is 0 Å². The Labute approximate surface area is 280 Å². The maximum atomic E-state index is 2.63. The zero-order valence-corrected chi connectivity index (χ0v) is 30.8. The van der Waals surface area contributed by atoms with E-state index in [1.165, 1.54) is 71.2 Å². The number of rotatable bonds is 6. The van der Waals surface area contributed by atoms with E-state index >= 15 is 0 Å². The highest BCUT2D eigenvalue weighted by Gasteiger charge is 2.52. The van der Waals surface area contributed by atoms with E-state index in [4.69, 9.17) is 0 Å². The molecule has 0 amide bonds. The summed E-state index contributed by atoms with van der Waals surface area (Å²) in [7, 11) is -2.87. The highest BCUT2D eigenvalue weighted by molar-refractivity contribution is 7.12. The van der Waals surface area contributed by atoms with Gasteiger partial charge in [-0.2, -0.15) is 0 Å². The normalized spacial score (nSPS) is 14.6. The van der Waals surface area contributed by atoms with Crippen molar-refractivity contribution >= 4 is 23.6 Å². The van der Waals surface area contributed by atoms with Gasteiger partial charge in [0.25, 0.3) is 0 Å². The minimum Gasteiger partial charge on any atom is -0.0619 e. The Morgan fingerprint density at radius 2 is 0.913 bits per heavy atom. The molecule has 1 aliphatic carbocycles. The average molecular weight is 621 g/mol. The molecular formula is C45H52Si. The fraction of sp³-hybridized carbons (Fsp3) is 0.333. The van der Waals surface area contributed by atoms with Crippen molar-refractivity contribution < 1.29 is 0 Å². The Balaban J connectivity index is 1.90. The molecule has 236 valence electrons. The summed E-state index contributed by atoms with van der Waals surface area (Å²) in [5, 5.41) is 4.58. The van der Waals surface area contributed by atoms with E-state index < -0.39 is 8.07 Å². The number of fused-ring (bicyclic) bond motifs is 3. The van der Waals surface area contributed by atoms with Crippen molar-refractivity contribution in [2.75, 3.05) is 0 Å². The van der Waals surface area contributed by atoms with Crippen LogP contribution in [0, 0.1) is 13.8 Å². The van der Waals surface area contributed by atoms with E-state index in [1.807, 2.05) is 0 Å². The average Bonchev–Trinajstić information content (AvgIpc) is 3.34. The van der Waals surface area contributed by atoms with Gasteiger partial charge in [0.15, 0.2) is 8.07 Å². The lowest BCUT2D eigenvalue weighted by molar-refractivity contribution is 0.569. The number of benzene rings is 5. The zero-order chi connectivity index (χ0) is 33.0. The lowest BCUT2D eigenvalue weighted by atomic mass is 9.81. The van der Waals surface area contributed by atoms with Crippen LogP contribution in [0.2, 0.25) is 0 Å². The second kappa shape index (κ2) is 11.8. The molecule has 1 atom stereocenters. The van der Waals surface area contributed by atoms with Gasteiger partial charge in [-0.1, -0.05) is 170 Å². The summed E-state index contributed by atoms with van der Waals surface area (Å²) in [5.41, 5.74) is 14.5. The largest absolute Gasteiger partial charge is 0.160 e. The molecular weight excluding hydrogens is 569 g/mol. The van der Waals surface area contributed by atoms with Crippen LogP contribution >= 0.6 is 0 Å². The first-order valence-corrected chi connectivity index (χ1v) is 19.4. The minimum absolute atomic E-state index is 0.0179. The van der Waals surface area contributed by atoms with E-state index in [0.29, 0.717) is 0 Å². The van der Waals surface area contributed by atoms with E-state index in [2.05, 4.69) is 172 Å². The van der Waals surface area contributed by atoms with Gasteiger partial charge < -0.3 is 0 Å². The van der Waals surface area contributed by atoms with Crippen molar-refractivity contribution in [2.45, 2.75) is 98.5 Å². The molecule has 0 N–H and O–H groups in total. The molecule has 5 aromatic rings. The van der Waals surface area contributed by atoms with Gasteiger partial charge in [0.1, 0.15) is 0 Å². The monoisotopic (exact) mass is 620 g/mol. The quantitative estimate of drug-likeness (QED) is 0.131. The Morgan fingerprint density at radius 3 is 1.35 bits per heavy atom. The van der Waals surface area contributed by atoms with Gasteiger partial charge in [-0.15, -0.1) is 0 Å². The lowest BCUT2D eigenvalue weighted by Gasteiger charge is -2.42. The fourth-order valence-corrected chi connectivity index (χ4v) is 13.9. The SMILES string of the molecule is CCc1cc(CC)cc([Si](c2cc(C)cc(C)c2)(c2cc(C(C)(C)C)cc(C(C)(C)C)c2)C2c3ccccc3-c3ccccc32)c1. The fourth-order valence-electron chi connectivity index (χ4n) is 7.94. The molecule has 1 unspecified atom stereocenters. The minimum atomic E-state index is -2.87. The number of hydrogen-bond acceptors (Lipinski definition) is 0. The molecule has 0 aromatic heterocycles. The van der Waals surface area contributed by atoms with Gasteiger partial charge in [-0.3, -0.25) is 0 Å². The van der Waals surface area contributed by atoms with Crippen molar-refractivity contribution in [3.8, 4) is 11.1 Å². The molecule has 1 heteroatoms. The molecule has 0 heterocycles. The summed E-state index contributed by atoms with van der Waals surface area (Å²) >= 11 is 0. The first-order chi connectivity index (χ1) is 21.8. The van der Waals surface area contributed by atoms with Gasteiger partial charge in [-0.25, -0.2) is 0 Å². The molecule has 0 radical (unpaired) electrons. The van der Waals surface area contributed by atoms with Crippen molar-refractivity contribution in [3.05, 3.63) is 148 Å². The Kier molecular flexibility index (Phi) is 8.30. The third-order valence-corrected chi connectivity index (χ3v) is 15.5. The summed E-state index contributed by atoms with van der Waals surface area (Å²) in [6.07, 6.45) is 2.07. The first-order valence-electron chi connectivity index (χ1n) is 17.3. The van der Waals surface area contributed by atoms with Gasteiger partial charge in [0, 0.05) is 5.54 Å². The molecule has 0 aliphatic heterocycles. The van der Waals surface area contributed by atoms with E-state index in [0.717, 1.165) is 12.8 Å². The van der Waals surface area contributed by atoms with Crippen LogP contribution in [-0.2, 0) is 23.7 Å². The predicted molar refractivity (Wildman–Crippen MR) is 203 cm³/mol. The number of hydrogen-bond donors (Lipinski definition) is 0. The summed E-state index contributed by atoms with van der Waals surface area (Å²) in [5.74, 6) is 0. The smallest absolute Gasteiger partial charge is 0.0619 e. The Morgan fingerprint density at radius 1 is 0.500 bits per heavy atom. The maximum Gasteiger partial charge on any atom is 0.160 e. The molecule has 0 fully saturated rings. The van der Waals surface area contributed by atoms with Crippen LogP contribution in [0.5, 0.6) is 0 Å². The molecule has 0 bridgehead atoms. The van der Waals surface area contributed by atoms with Crippen LogP contribution in [0.4, 0.5) is 0 Å². The van der Waals surface area contributed by atoms with Crippen molar-refractivity contribution in [1.29, 1.82) is 0 Å². The van der Waals surface area contributed by atoms with E-state index in [1.54, 1.807) is 0 Å². The third-order valence-electron chi connectivity index (χ3n) is 10.4. The molecule has 6 rings (SSSR count). The molecule has 0 nitrogen and oxygen atoms in total. The first kappa shape index (κ1) is 32.3. The highest BCUT2D eigenvalue weighted by Crippen LogP contribution is 2.49. The molecule has 46 heavy (non-hydrogen) atoms. The summed E-state index contributed by atoms with van der Waals surface area (Å²) in [4.78, 5) is 0. The third kappa shape index (κ3) is 5.51. The van der Waals surface area contributed by atoms with Crippen molar-refractivity contribution in [3.63, 3.8) is 0 Å². The molecule has 5 aromatic carbocycles. The van der Waals surface area contributed by atoms with Gasteiger partial charge in [-0.05, 0) is 97.6 Å². The van der Waals surface area contributed by atoms with Crippen LogP contribution in [0.15, 0.2) is 103 Å². The molecule has 0 spiro atoms. The second-order valence-electron chi connectivity index (χ2n) is 15.8. The second-order valence-corrected chi connectivity index (χ2v) is 19.8. The Bertz CT molecular complexity index is 1790. The predicted octanol–water partition coefficient (Wildman–Crippen LogP) is 9.85. The molecule has 0 saturated carbocycles. The maximum absolute atomic E-state index is 2.87. The van der Waals surface area contributed by atoms with E-state index in [-0.39, 0.29) is 16.4 Å². The van der Waals surface area contributed by atoms with Gasteiger partial charge >= 0.3 is 0 Å². The van der Waals surface area contributed by atoms with Gasteiger partial charge in [0.05, 0.1) is 0 Å². The molecule has 1 aliphatic rings. The van der Waals surface area contributed by atoms with Crippen LogP contribution in [0.25, 0.3) is 11.1 Å². The van der Waals surface area contributed by atoms with Gasteiger partial charge in [0.2, 0.25) is 0 Å². The van der Waals surface area contributed by atoms with Crippen LogP contribution in [0.1, 0.15) is 105 Å². The van der Waals surface area contributed by atoms with Crippen LogP contribution in [0.3, 0.4) is 0 Å². The zero-order valence-electron chi connectivity index (χ0n) is 29.8. The van der Waals surface area contributed by atoms with Crippen LogP contribution < -0.4 is 15.6 Å². The summed E-state index contributed by atoms with van der Waals surface area (Å²) in [6.45, 7) is 23.5. The van der Waals surface area contributed by atoms with Crippen molar-refractivity contribution in [2.24, 2.45) is 0 Å². The Hall–Kier alpha value is -3.68. The van der Waals surface area contributed by atoms with Crippen LogP contribution in [-0.4, -0.2) is 8.07 Å².